The molecule has 0 aliphatic carbocycles. The third-order valence-electron chi connectivity index (χ3n) is 2.64. The maximum absolute atomic E-state index is 11.8. The van der Waals surface area contributed by atoms with E-state index in [0.29, 0.717) is 12.2 Å². The number of nitrogens with zero attached hydrogens (tertiary/aromatic N) is 1. The summed E-state index contributed by atoms with van der Waals surface area (Å²) in [5.74, 6) is -0.475. The number of hydrogen-bond donors (Lipinski definition) is 1. The van der Waals surface area contributed by atoms with Crippen molar-refractivity contribution in [2.45, 2.75) is 46.3 Å². The Hall–Kier alpha value is -1.78. The fraction of sp³-hybridized carbons (Fsp3) is 0.538. The Morgan fingerprint density at radius 3 is 2.50 bits per heavy atom. The molecule has 5 heteroatoms. The molecular weight excluding hydrogens is 234 g/mol. The van der Waals surface area contributed by atoms with E-state index in [1.165, 1.54) is 23.8 Å². The summed E-state index contributed by atoms with van der Waals surface area (Å²) in [6.07, 6.45) is 2.13. The van der Waals surface area contributed by atoms with Gasteiger partial charge in [-0.3, -0.25) is 9.36 Å². The van der Waals surface area contributed by atoms with E-state index in [1.807, 2.05) is 20.8 Å². The summed E-state index contributed by atoms with van der Waals surface area (Å²) in [6.45, 7) is 7.16. The monoisotopic (exact) mass is 253 g/mol. The van der Waals surface area contributed by atoms with Crippen molar-refractivity contribution >= 4 is 5.97 Å². The first-order chi connectivity index (χ1) is 8.36. The summed E-state index contributed by atoms with van der Waals surface area (Å²) in [5.41, 5.74) is 0.473. The molecule has 0 saturated heterocycles. The van der Waals surface area contributed by atoms with Crippen molar-refractivity contribution in [3.05, 3.63) is 28.2 Å². The summed E-state index contributed by atoms with van der Waals surface area (Å²) in [4.78, 5) is 22.8. The van der Waals surface area contributed by atoms with Crippen LogP contribution in [0, 0.1) is 0 Å². The standard InChI is InChI=1S/C13H19NO4/c1-5-10-6-12(15)14(9(4)13(16)17)7-11(10)18-8(2)3/h6-9H,5H2,1-4H3,(H,16,17). The van der Waals surface area contributed by atoms with Gasteiger partial charge in [0.25, 0.3) is 5.56 Å². The SMILES string of the molecule is CCc1cc(=O)n(C(C)C(=O)O)cc1OC(C)C. The molecule has 0 aliphatic rings. The van der Waals surface area contributed by atoms with E-state index in [1.54, 1.807) is 0 Å². The predicted molar refractivity (Wildman–Crippen MR) is 68.2 cm³/mol. The number of aliphatic carboxylic acids is 1. The molecule has 100 valence electrons. The molecule has 0 amide bonds. The minimum Gasteiger partial charge on any atom is -0.489 e. The number of rotatable bonds is 5. The van der Waals surface area contributed by atoms with Crippen molar-refractivity contribution in [1.29, 1.82) is 0 Å². The van der Waals surface area contributed by atoms with E-state index in [0.717, 1.165) is 5.56 Å². The maximum atomic E-state index is 11.8. The normalized spacial score (nSPS) is 12.5. The van der Waals surface area contributed by atoms with Crippen LogP contribution < -0.4 is 10.3 Å². The Kier molecular flexibility index (Phi) is 4.53. The zero-order valence-electron chi connectivity index (χ0n) is 11.1. The third kappa shape index (κ3) is 3.12. The van der Waals surface area contributed by atoms with Gasteiger partial charge in [-0.1, -0.05) is 6.92 Å². The molecule has 0 fully saturated rings. The van der Waals surface area contributed by atoms with Gasteiger partial charge < -0.3 is 9.84 Å². The van der Waals surface area contributed by atoms with Gasteiger partial charge >= 0.3 is 5.97 Å². The van der Waals surface area contributed by atoms with Crippen LogP contribution in [0.2, 0.25) is 0 Å². The topological polar surface area (TPSA) is 68.5 Å². The number of carbonyl (C=O) groups is 1. The zero-order valence-corrected chi connectivity index (χ0v) is 11.1. The second-order valence-electron chi connectivity index (χ2n) is 4.44. The second kappa shape index (κ2) is 5.71. The van der Waals surface area contributed by atoms with Crippen LogP contribution in [0.5, 0.6) is 5.75 Å². The summed E-state index contributed by atoms with van der Waals surface area (Å²) >= 11 is 0. The highest BCUT2D eigenvalue weighted by Crippen LogP contribution is 2.19. The fourth-order valence-corrected chi connectivity index (χ4v) is 1.63. The van der Waals surface area contributed by atoms with Gasteiger partial charge in [-0.05, 0) is 27.2 Å². The molecule has 1 heterocycles. The molecule has 1 aromatic rings. The summed E-state index contributed by atoms with van der Waals surface area (Å²) in [5, 5.41) is 8.96. The average molecular weight is 253 g/mol. The van der Waals surface area contributed by atoms with E-state index in [2.05, 4.69) is 0 Å². The molecule has 1 unspecified atom stereocenters. The van der Waals surface area contributed by atoms with Crippen LogP contribution in [0.25, 0.3) is 0 Å². The van der Waals surface area contributed by atoms with Crippen molar-refractivity contribution in [2.75, 3.05) is 0 Å². The van der Waals surface area contributed by atoms with Crippen LogP contribution in [0.3, 0.4) is 0 Å². The lowest BCUT2D eigenvalue weighted by Crippen LogP contribution is -2.28. The molecule has 0 aliphatic heterocycles. The molecule has 5 nitrogen and oxygen atoms in total. The van der Waals surface area contributed by atoms with Gasteiger partial charge in [-0.2, -0.15) is 0 Å². The van der Waals surface area contributed by atoms with Gasteiger partial charge in [0.2, 0.25) is 0 Å². The molecular formula is C13H19NO4. The first kappa shape index (κ1) is 14.3. The highest BCUT2D eigenvalue weighted by Gasteiger charge is 2.17. The molecule has 0 radical (unpaired) electrons. The van der Waals surface area contributed by atoms with Crippen molar-refractivity contribution in [2.24, 2.45) is 0 Å². The van der Waals surface area contributed by atoms with Crippen molar-refractivity contribution < 1.29 is 14.6 Å². The summed E-state index contributed by atoms with van der Waals surface area (Å²) < 4.78 is 6.79. The highest BCUT2D eigenvalue weighted by molar-refractivity contribution is 5.71. The number of hydrogen-bond acceptors (Lipinski definition) is 3. The largest absolute Gasteiger partial charge is 0.489 e. The smallest absolute Gasteiger partial charge is 0.326 e. The summed E-state index contributed by atoms with van der Waals surface area (Å²) in [6, 6.07) is 0.537. The van der Waals surface area contributed by atoms with Crippen LogP contribution in [-0.2, 0) is 11.2 Å². The van der Waals surface area contributed by atoms with E-state index >= 15 is 0 Å². The molecule has 18 heavy (non-hydrogen) atoms. The number of carboxylic acid groups (broad SMARTS) is 1. The lowest BCUT2D eigenvalue weighted by Gasteiger charge is -2.17. The number of ether oxygens (including phenoxy) is 1. The van der Waals surface area contributed by atoms with Gasteiger partial charge in [0.15, 0.2) is 0 Å². The van der Waals surface area contributed by atoms with E-state index < -0.39 is 12.0 Å². The maximum Gasteiger partial charge on any atom is 0.326 e. The minimum absolute atomic E-state index is 0.0265. The first-order valence-corrected chi connectivity index (χ1v) is 6.01. The number of aromatic nitrogens is 1. The molecule has 0 saturated carbocycles. The van der Waals surface area contributed by atoms with Crippen LogP contribution >= 0.6 is 0 Å². The molecule has 0 aromatic carbocycles. The quantitative estimate of drug-likeness (QED) is 0.869. The first-order valence-electron chi connectivity index (χ1n) is 6.01. The zero-order chi connectivity index (χ0) is 13.9. The van der Waals surface area contributed by atoms with Crippen molar-refractivity contribution in [3.63, 3.8) is 0 Å². The van der Waals surface area contributed by atoms with Crippen LogP contribution in [0.4, 0.5) is 0 Å². The Balaban J connectivity index is 3.29. The van der Waals surface area contributed by atoms with Crippen LogP contribution in [-0.4, -0.2) is 21.7 Å². The van der Waals surface area contributed by atoms with Gasteiger partial charge in [0, 0.05) is 11.6 Å². The molecule has 1 aromatic heterocycles. The second-order valence-corrected chi connectivity index (χ2v) is 4.44. The van der Waals surface area contributed by atoms with E-state index in [-0.39, 0.29) is 11.7 Å². The predicted octanol–water partition coefficient (Wildman–Crippen LogP) is 1.84. The molecule has 1 rings (SSSR count). The number of pyridine rings is 1. The van der Waals surface area contributed by atoms with Crippen LogP contribution in [0.15, 0.2) is 17.1 Å². The Morgan fingerprint density at radius 2 is 2.06 bits per heavy atom. The molecule has 0 bridgehead atoms. The third-order valence-corrected chi connectivity index (χ3v) is 2.64. The number of carboxylic acids is 1. The highest BCUT2D eigenvalue weighted by atomic mass is 16.5. The molecule has 1 atom stereocenters. The Labute approximate surface area is 106 Å². The summed E-state index contributed by atoms with van der Waals surface area (Å²) in [7, 11) is 0. The fourth-order valence-electron chi connectivity index (χ4n) is 1.63. The Bertz CT molecular complexity index is 490. The van der Waals surface area contributed by atoms with Crippen molar-refractivity contribution in [3.8, 4) is 5.75 Å². The van der Waals surface area contributed by atoms with Gasteiger partial charge in [-0.15, -0.1) is 0 Å². The lowest BCUT2D eigenvalue weighted by molar-refractivity contribution is -0.140. The van der Waals surface area contributed by atoms with Crippen LogP contribution in [0.1, 0.15) is 39.3 Å². The molecule has 1 N–H and O–H groups in total. The molecule has 0 spiro atoms. The lowest BCUT2D eigenvalue weighted by atomic mass is 10.2. The average Bonchev–Trinajstić information content (AvgIpc) is 2.29. The van der Waals surface area contributed by atoms with E-state index in [9.17, 15) is 9.59 Å². The van der Waals surface area contributed by atoms with Gasteiger partial charge in [0.1, 0.15) is 11.8 Å². The van der Waals surface area contributed by atoms with Gasteiger partial charge in [-0.25, -0.2) is 4.79 Å². The Morgan fingerprint density at radius 1 is 1.44 bits per heavy atom. The van der Waals surface area contributed by atoms with E-state index in [4.69, 9.17) is 9.84 Å². The van der Waals surface area contributed by atoms with Crippen molar-refractivity contribution in [1.82, 2.24) is 4.57 Å². The number of aryl methyl sites for hydroxylation is 1. The minimum atomic E-state index is -1.04. The van der Waals surface area contributed by atoms with Gasteiger partial charge in [0.05, 0.1) is 12.3 Å².